The zero-order chi connectivity index (χ0) is 22.9. The van der Waals surface area contributed by atoms with Crippen LogP contribution in [0.3, 0.4) is 0 Å². The second-order valence-electron chi connectivity index (χ2n) is 9.78. The van der Waals surface area contributed by atoms with Crippen LogP contribution in [-0.2, 0) is 11.2 Å². The van der Waals surface area contributed by atoms with E-state index in [4.69, 9.17) is 9.15 Å². The van der Waals surface area contributed by atoms with Gasteiger partial charge in [-0.15, -0.1) is 0 Å². The van der Waals surface area contributed by atoms with E-state index >= 15 is 0 Å². The van der Waals surface area contributed by atoms with Gasteiger partial charge in [0.1, 0.15) is 11.5 Å². The van der Waals surface area contributed by atoms with Gasteiger partial charge in [0.15, 0.2) is 0 Å². The number of para-hydroxylation sites is 1. The van der Waals surface area contributed by atoms with Crippen molar-refractivity contribution >= 4 is 22.7 Å². The number of fused-ring (bicyclic) bond motifs is 2. The number of methoxy groups -OCH3 is 1. The molecule has 3 aliphatic rings. The Kier molecular flexibility index (Phi) is 5.88. The first-order valence-electron chi connectivity index (χ1n) is 12.6. The van der Waals surface area contributed by atoms with Crippen LogP contribution in [0, 0.1) is 0 Å². The second-order valence-corrected chi connectivity index (χ2v) is 9.78. The van der Waals surface area contributed by atoms with E-state index in [-0.39, 0.29) is 0 Å². The number of furan rings is 1. The Balaban J connectivity index is 1.07. The minimum absolute atomic E-state index is 0.598. The molecule has 34 heavy (non-hydrogen) atoms. The van der Waals surface area contributed by atoms with Gasteiger partial charge in [-0.25, -0.2) is 0 Å². The molecule has 0 radical (unpaired) electrons. The lowest BCUT2D eigenvalue weighted by molar-refractivity contribution is 0.141. The molecule has 0 spiro atoms. The molecular weight excluding hydrogens is 422 g/mol. The number of benzene rings is 1. The highest BCUT2D eigenvalue weighted by atomic mass is 16.5. The summed E-state index contributed by atoms with van der Waals surface area (Å²) in [6.45, 7) is 4.41. The van der Waals surface area contributed by atoms with Crippen LogP contribution in [0.4, 0.5) is 5.69 Å². The van der Waals surface area contributed by atoms with Crippen LogP contribution < -0.4 is 4.90 Å². The van der Waals surface area contributed by atoms with Crippen molar-refractivity contribution in [2.45, 2.75) is 44.1 Å². The number of piperazine rings is 1. The molecule has 1 saturated heterocycles. The number of allylic oxidation sites excluding steroid dienone is 3. The quantitative estimate of drug-likeness (QED) is 0.499. The van der Waals surface area contributed by atoms with Gasteiger partial charge in [-0.05, 0) is 49.8 Å². The Morgan fingerprint density at radius 3 is 2.65 bits per heavy atom. The maximum Gasteiger partial charge on any atom is 0.118 e. The van der Waals surface area contributed by atoms with Gasteiger partial charge in [0.25, 0.3) is 0 Å². The van der Waals surface area contributed by atoms with Gasteiger partial charge in [-0.2, -0.15) is 0 Å². The van der Waals surface area contributed by atoms with Crippen molar-refractivity contribution in [1.82, 2.24) is 9.88 Å². The lowest BCUT2D eigenvalue weighted by Crippen LogP contribution is -2.51. The summed E-state index contributed by atoms with van der Waals surface area (Å²) >= 11 is 0. The summed E-state index contributed by atoms with van der Waals surface area (Å²) in [4.78, 5) is 9.92. The molecule has 1 aromatic carbocycles. The molecule has 1 aliphatic heterocycles. The lowest BCUT2D eigenvalue weighted by Gasteiger charge is -2.42. The van der Waals surface area contributed by atoms with Gasteiger partial charge in [0.2, 0.25) is 0 Å². The molecule has 6 rings (SSSR count). The van der Waals surface area contributed by atoms with Gasteiger partial charge < -0.3 is 14.1 Å². The smallest absolute Gasteiger partial charge is 0.118 e. The van der Waals surface area contributed by atoms with Crippen LogP contribution in [0.5, 0.6) is 0 Å². The average molecular weight is 456 g/mol. The van der Waals surface area contributed by atoms with E-state index in [0.29, 0.717) is 12.0 Å². The molecule has 176 valence electrons. The average Bonchev–Trinajstić information content (AvgIpc) is 3.18. The third-order valence-electron chi connectivity index (χ3n) is 8.00. The van der Waals surface area contributed by atoms with Gasteiger partial charge in [0.05, 0.1) is 31.0 Å². The molecule has 5 heteroatoms. The molecular formula is C29H33N3O2. The zero-order valence-electron chi connectivity index (χ0n) is 20.0. The number of pyridine rings is 1. The first-order chi connectivity index (χ1) is 16.8. The summed E-state index contributed by atoms with van der Waals surface area (Å²) in [6.07, 6.45) is 16.0. The molecule has 1 saturated carbocycles. The Morgan fingerprint density at radius 2 is 1.82 bits per heavy atom. The van der Waals surface area contributed by atoms with E-state index in [1.807, 2.05) is 24.6 Å². The fraction of sp³-hybridized carbons (Fsp3) is 0.414. The molecule has 2 aliphatic carbocycles. The maximum absolute atomic E-state index is 5.99. The summed E-state index contributed by atoms with van der Waals surface area (Å²) in [5.74, 6) is 2.59. The van der Waals surface area contributed by atoms with Gasteiger partial charge in [-0.3, -0.25) is 9.88 Å². The summed E-state index contributed by atoms with van der Waals surface area (Å²) in [5.41, 5.74) is 5.08. The molecule has 0 bridgehead atoms. The van der Waals surface area contributed by atoms with Crippen molar-refractivity contribution in [2.75, 3.05) is 38.2 Å². The predicted molar refractivity (Wildman–Crippen MR) is 137 cm³/mol. The van der Waals surface area contributed by atoms with E-state index in [9.17, 15) is 0 Å². The van der Waals surface area contributed by atoms with Crippen LogP contribution in [0.1, 0.15) is 48.5 Å². The molecule has 0 atom stereocenters. The number of rotatable bonds is 4. The van der Waals surface area contributed by atoms with E-state index in [1.54, 1.807) is 7.11 Å². The minimum atomic E-state index is 0.598. The molecule has 2 aromatic heterocycles. The van der Waals surface area contributed by atoms with Crippen LogP contribution >= 0.6 is 0 Å². The highest BCUT2D eigenvalue weighted by Gasteiger charge is 2.31. The zero-order valence-corrected chi connectivity index (χ0v) is 20.0. The number of anilines is 1. The van der Waals surface area contributed by atoms with Crippen molar-refractivity contribution in [3.05, 3.63) is 77.6 Å². The molecule has 2 fully saturated rings. The van der Waals surface area contributed by atoms with E-state index in [0.717, 1.165) is 49.6 Å². The van der Waals surface area contributed by atoms with Crippen LogP contribution in [0.15, 0.2) is 65.1 Å². The largest absolute Gasteiger partial charge is 0.501 e. The Hall–Kier alpha value is -3.05. The highest BCUT2D eigenvalue weighted by Crippen LogP contribution is 2.39. The van der Waals surface area contributed by atoms with Crippen molar-refractivity contribution in [1.29, 1.82) is 0 Å². The Labute approximate surface area is 201 Å². The molecule has 3 aromatic rings. The van der Waals surface area contributed by atoms with Gasteiger partial charge >= 0.3 is 0 Å². The molecule has 0 N–H and O–H groups in total. The lowest BCUT2D eigenvalue weighted by atomic mass is 9.80. The van der Waals surface area contributed by atoms with E-state index in [2.05, 4.69) is 51.2 Å². The van der Waals surface area contributed by atoms with E-state index < -0.39 is 0 Å². The van der Waals surface area contributed by atoms with Crippen molar-refractivity contribution in [2.24, 2.45) is 0 Å². The number of ether oxygens (including phenoxy) is 1. The number of nitrogens with zero attached hydrogens (tertiary/aromatic N) is 3. The van der Waals surface area contributed by atoms with Crippen molar-refractivity contribution in [3.8, 4) is 0 Å². The fourth-order valence-electron chi connectivity index (χ4n) is 6.10. The summed E-state index contributed by atoms with van der Waals surface area (Å²) in [5, 5.41) is 1.22. The van der Waals surface area contributed by atoms with Crippen LogP contribution in [-0.4, -0.2) is 49.2 Å². The van der Waals surface area contributed by atoms with Crippen molar-refractivity contribution in [3.63, 3.8) is 0 Å². The predicted octanol–water partition coefficient (Wildman–Crippen LogP) is 5.78. The molecule has 0 unspecified atom stereocenters. The Bertz CT molecular complexity index is 1210. The van der Waals surface area contributed by atoms with Crippen molar-refractivity contribution < 1.29 is 9.15 Å². The third-order valence-corrected chi connectivity index (χ3v) is 8.00. The first kappa shape index (κ1) is 21.5. The first-order valence-corrected chi connectivity index (χ1v) is 12.6. The molecule has 0 amide bonds. The SMILES string of the molecule is COC1=CC=Cc2c(C3CCC(N4CCN(c5cccc6cccnc56)CC4)CC3)coc2C1. The summed E-state index contributed by atoms with van der Waals surface area (Å²) < 4.78 is 11.4. The van der Waals surface area contributed by atoms with E-state index in [1.165, 1.54) is 47.9 Å². The van der Waals surface area contributed by atoms with Gasteiger partial charge in [-0.1, -0.05) is 30.4 Å². The normalized spacial score (nSPS) is 23.4. The number of aromatic nitrogens is 1. The number of hydrogen-bond donors (Lipinski definition) is 0. The third kappa shape index (κ3) is 4.03. The monoisotopic (exact) mass is 455 g/mol. The molecule has 3 heterocycles. The van der Waals surface area contributed by atoms with Crippen LogP contribution in [0.2, 0.25) is 0 Å². The van der Waals surface area contributed by atoms with Gasteiger partial charge in [0, 0.05) is 54.9 Å². The number of hydrogen-bond acceptors (Lipinski definition) is 5. The standard InChI is InChI=1S/C29H33N3O2/c1-33-24-7-3-8-25-26(20-34-28(25)19-24)21-10-12-23(13-11-21)31-15-17-32(18-16-31)27-9-2-5-22-6-4-14-30-29(22)27/h2-9,14,20-21,23H,10-13,15-19H2,1H3. The summed E-state index contributed by atoms with van der Waals surface area (Å²) in [6, 6.07) is 11.4. The maximum atomic E-state index is 5.99. The fourth-order valence-corrected chi connectivity index (χ4v) is 6.10. The topological polar surface area (TPSA) is 41.7 Å². The minimum Gasteiger partial charge on any atom is -0.501 e. The van der Waals surface area contributed by atoms with Crippen LogP contribution in [0.25, 0.3) is 17.0 Å². The molecule has 5 nitrogen and oxygen atoms in total. The summed E-state index contributed by atoms with van der Waals surface area (Å²) in [7, 11) is 1.73. The second kappa shape index (κ2) is 9.30. The highest BCUT2D eigenvalue weighted by molar-refractivity contribution is 5.90. The Morgan fingerprint density at radius 1 is 1.00 bits per heavy atom.